The lowest BCUT2D eigenvalue weighted by Crippen LogP contribution is -1.92. The van der Waals surface area contributed by atoms with Crippen LogP contribution in [0, 0.1) is 11.3 Å². The second kappa shape index (κ2) is 7.52. The Kier molecular flexibility index (Phi) is 5.40. The van der Waals surface area contributed by atoms with Crippen molar-refractivity contribution in [1.29, 1.82) is 5.26 Å². The maximum absolute atomic E-state index is 8.83. The van der Waals surface area contributed by atoms with E-state index < -0.39 is 0 Å². The fourth-order valence-electron chi connectivity index (χ4n) is 1.77. The number of benzene rings is 1. The fourth-order valence-corrected chi connectivity index (χ4v) is 2.57. The summed E-state index contributed by atoms with van der Waals surface area (Å²) >= 11 is 1.51. The average molecular weight is 283 g/mol. The lowest BCUT2D eigenvalue weighted by atomic mass is 10.2. The maximum Gasteiger partial charge on any atom is 0.119 e. The van der Waals surface area contributed by atoms with Crippen LogP contribution >= 0.6 is 11.3 Å². The molecule has 2 rings (SSSR count). The van der Waals surface area contributed by atoms with E-state index in [0.717, 1.165) is 33.9 Å². The molecule has 0 saturated carbocycles. The second-order valence-corrected chi connectivity index (χ2v) is 5.45. The van der Waals surface area contributed by atoms with E-state index in [1.165, 1.54) is 11.3 Å². The first-order valence-corrected chi connectivity index (χ1v) is 7.53. The molecular weight excluding hydrogens is 266 g/mol. The Morgan fingerprint density at radius 2 is 1.95 bits per heavy atom. The summed E-state index contributed by atoms with van der Waals surface area (Å²) in [6.07, 6.45) is 6.46. The normalized spacial score (nSPS) is 10.6. The smallest absolute Gasteiger partial charge is 0.119 e. The highest BCUT2D eigenvalue weighted by molar-refractivity contribution is 7.16. The van der Waals surface area contributed by atoms with Crippen molar-refractivity contribution in [3.63, 3.8) is 0 Å². The molecule has 1 aromatic heterocycles. The van der Waals surface area contributed by atoms with Gasteiger partial charge in [-0.1, -0.05) is 25.5 Å². The molecule has 0 spiro atoms. The predicted octanol–water partition coefficient (Wildman–Crippen LogP) is 5.02. The van der Waals surface area contributed by atoms with Crippen LogP contribution in [0.5, 0.6) is 5.75 Å². The van der Waals surface area contributed by atoms with Gasteiger partial charge in [-0.2, -0.15) is 5.26 Å². The quantitative estimate of drug-likeness (QED) is 0.697. The summed E-state index contributed by atoms with van der Waals surface area (Å²) in [4.78, 5) is 1.84. The van der Waals surface area contributed by atoms with Crippen molar-refractivity contribution in [3.8, 4) is 22.3 Å². The monoisotopic (exact) mass is 283 g/mol. The largest absolute Gasteiger partial charge is 0.490 e. The number of ether oxygens (including phenoxy) is 1. The van der Waals surface area contributed by atoms with Crippen molar-refractivity contribution >= 4 is 11.3 Å². The van der Waals surface area contributed by atoms with Crippen LogP contribution in [-0.2, 0) is 0 Å². The molecule has 0 bridgehead atoms. The number of hydrogen-bond acceptors (Lipinski definition) is 3. The minimum absolute atomic E-state index is 0.608. The van der Waals surface area contributed by atoms with Crippen molar-refractivity contribution in [3.05, 3.63) is 53.4 Å². The van der Waals surface area contributed by atoms with E-state index in [0.29, 0.717) is 6.61 Å². The van der Waals surface area contributed by atoms with Crippen molar-refractivity contribution in [2.45, 2.75) is 19.8 Å². The number of unbranched alkanes of at least 4 members (excludes halogenated alkanes) is 1. The number of thiophene rings is 1. The van der Waals surface area contributed by atoms with Gasteiger partial charge in [-0.25, -0.2) is 0 Å². The molecule has 0 atom stereocenters. The summed E-state index contributed by atoms with van der Waals surface area (Å²) in [5.74, 6) is 0.868. The standard InChI is InChI=1S/C17H17NOS/c1-2-3-4-5-12-19-15-8-6-14(7-9-15)17-11-10-16(13-18)20-17/h4-11H,2-3,12H2,1H3/b5-4+. The van der Waals surface area contributed by atoms with E-state index in [2.05, 4.69) is 25.1 Å². The molecule has 0 aliphatic heterocycles. The Labute approximate surface area is 123 Å². The van der Waals surface area contributed by atoms with Crippen molar-refractivity contribution in [1.82, 2.24) is 0 Å². The van der Waals surface area contributed by atoms with Gasteiger partial charge >= 0.3 is 0 Å². The van der Waals surface area contributed by atoms with Gasteiger partial charge in [-0.3, -0.25) is 0 Å². The first-order chi connectivity index (χ1) is 9.83. The van der Waals surface area contributed by atoms with Crippen LogP contribution < -0.4 is 4.74 Å². The minimum Gasteiger partial charge on any atom is -0.490 e. The molecule has 0 N–H and O–H groups in total. The number of rotatable bonds is 6. The van der Waals surface area contributed by atoms with Gasteiger partial charge in [-0.05, 0) is 48.4 Å². The first-order valence-electron chi connectivity index (χ1n) is 6.71. The Balaban J connectivity index is 1.94. The zero-order valence-corrected chi connectivity index (χ0v) is 12.3. The van der Waals surface area contributed by atoms with Gasteiger partial charge in [-0.15, -0.1) is 11.3 Å². The third kappa shape index (κ3) is 3.97. The molecule has 3 heteroatoms. The molecule has 0 amide bonds. The summed E-state index contributed by atoms with van der Waals surface area (Å²) < 4.78 is 5.63. The number of nitrogens with zero attached hydrogens (tertiary/aromatic N) is 1. The highest BCUT2D eigenvalue weighted by Crippen LogP contribution is 2.28. The Morgan fingerprint density at radius 1 is 1.15 bits per heavy atom. The van der Waals surface area contributed by atoms with Crippen LogP contribution in [0.15, 0.2) is 48.6 Å². The SMILES string of the molecule is CCC/C=C/COc1ccc(-c2ccc(C#N)s2)cc1. The number of allylic oxidation sites excluding steroid dienone is 1. The molecule has 0 radical (unpaired) electrons. The van der Waals surface area contributed by atoms with Gasteiger partial charge in [0.2, 0.25) is 0 Å². The van der Waals surface area contributed by atoms with Gasteiger partial charge in [0.05, 0.1) is 0 Å². The van der Waals surface area contributed by atoms with Crippen LogP contribution in [0.2, 0.25) is 0 Å². The Morgan fingerprint density at radius 3 is 2.60 bits per heavy atom. The van der Waals surface area contributed by atoms with Gasteiger partial charge in [0.15, 0.2) is 0 Å². The highest BCUT2D eigenvalue weighted by Gasteiger charge is 2.02. The zero-order chi connectivity index (χ0) is 14.2. The summed E-state index contributed by atoms with van der Waals surface area (Å²) in [6, 6.07) is 14.0. The van der Waals surface area contributed by atoms with E-state index in [1.54, 1.807) is 0 Å². The molecular formula is C17H17NOS. The number of hydrogen-bond donors (Lipinski definition) is 0. The third-order valence-corrected chi connectivity index (χ3v) is 3.86. The van der Waals surface area contributed by atoms with Gasteiger partial charge in [0.1, 0.15) is 23.3 Å². The van der Waals surface area contributed by atoms with Gasteiger partial charge < -0.3 is 4.74 Å². The molecule has 2 aromatic rings. The van der Waals surface area contributed by atoms with Crippen molar-refractivity contribution in [2.75, 3.05) is 6.61 Å². The van der Waals surface area contributed by atoms with Crippen LogP contribution in [-0.4, -0.2) is 6.61 Å². The summed E-state index contributed by atoms with van der Waals surface area (Å²) in [7, 11) is 0. The molecule has 20 heavy (non-hydrogen) atoms. The maximum atomic E-state index is 8.83. The third-order valence-electron chi connectivity index (χ3n) is 2.82. The Hall–Kier alpha value is -2.05. The summed E-state index contributed by atoms with van der Waals surface area (Å²) in [5, 5.41) is 8.83. The fraction of sp³-hybridized carbons (Fsp3) is 0.235. The predicted molar refractivity (Wildman–Crippen MR) is 84.0 cm³/mol. The average Bonchev–Trinajstić information content (AvgIpc) is 2.97. The van der Waals surface area contributed by atoms with Gasteiger partial charge in [0.25, 0.3) is 0 Å². The van der Waals surface area contributed by atoms with E-state index in [9.17, 15) is 0 Å². The topological polar surface area (TPSA) is 33.0 Å². The van der Waals surface area contributed by atoms with Crippen LogP contribution in [0.1, 0.15) is 24.6 Å². The highest BCUT2D eigenvalue weighted by atomic mass is 32.1. The van der Waals surface area contributed by atoms with Crippen LogP contribution in [0.25, 0.3) is 10.4 Å². The van der Waals surface area contributed by atoms with E-state index in [-0.39, 0.29) is 0 Å². The molecule has 0 fully saturated rings. The van der Waals surface area contributed by atoms with E-state index >= 15 is 0 Å². The molecule has 1 aromatic carbocycles. The summed E-state index contributed by atoms with van der Waals surface area (Å²) in [5.41, 5.74) is 1.12. The van der Waals surface area contributed by atoms with E-state index in [4.69, 9.17) is 10.00 Å². The summed E-state index contributed by atoms with van der Waals surface area (Å²) in [6.45, 7) is 2.77. The zero-order valence-electron chi connectivity index (χ0n) is 11.5. The number of nitriles is 1. The molecule has 102 valence electrons. The van der Waals surface area contributed by atoms with Gasteiger partial charge in [0, 0.05) is 4.88 Å². The molecule has 2 nitrogen and oxygen atoms in total. The lowest BCUT2D eigenvalue weighted by molar-refractivity contribution is 0.362. The van der Waals surface area contributed by atoms with Crippen molar-refractivity contribution in [2.24, 2.45) is 0 Å². The molecule has 0 aliphatic rings. The first kappa shape index (κ1) is 14.4. The lowest BCUT2D eigenvalue weighted by Gasteiger charge is -2.04. The Bertz CT molecular complexity index is 605. The second-order valence-electron chi connectivity index (χ2n) is 4.37. The molecule has 0 aliphatic carbocycles. The minimum atomic E-state index is 0.608. The van der Waals surface area contributed by atoms with E-state index in [1.807, 2.05) is 36.4 Å². The van der Waals surface area contributed by atoms with Crippen LogP contribution in [0.4, 0.5) is 0 Å². The molecule has 0 unspecified atom stereocenters. The molecule has 1 heterocycles. The van der Waals surface area contributed by atoms with Crippen LogP contribution in [0.3, 0.4) is 0 Å². The molecule has 0 saturated heterocycles. The van der Waals surface area contributed by atoms with Crippen molar-refractivity contribution < 1.29 is 4.74 Å².